The van der Waals surface area contributed by atoms with Gasteiger partial charge in [-0.15, -0.1) is 0 Å². The molecule has 0 radical (unpaired) electrons. The van der Waals surface area contributed by atoms with Crippen molar-refractivity contribution in [3.05, 3.63) is 6.92 Å². The van der Waals surface area contributed by atoms with Crippen molar-refractivity contribution < 1.29 is 21.1 Å². The Morgan fingerprint density at radius 3 is 1.12 bits per heavy atom. The van der Waals surface area contributed by atoms with Gasteiger partial charge in [0, 0.05) is 21.1 Å². The van der Waals surface area contributed by atoms with Crippen LogP contribution in [0.5, 0.6) is 0 Å². The molecule has 0 saturated carbocycles. The van der Waals surface area contributed by atoms with Crippen LogP contribution in [-0.2, 0) is 21.1 Å². The maximum absolute atomic E-state index is 3.79. The number of unbranched alkanes of at least 4 members (excludes halogenated alkanes) is 2. The maximum atomic E-state index is 3.79. The van der Waals surface area contributed by atoms with Gasteiger partial charge in [-0.3, -0.25) is 0 Å². The molecule has 112 valence electrons. The predicted molar refractivity (Wildman–Crippen MR) is 91.2 cm³/mol. The summed E-state index contributed by atoms with van der Waals surface area (Å²) >= 11 is 5.75. The summed E-state index contributed by atoms with van der Waals surface area (Å²) in [6.45, 7) is 15.8. The summed E-state index contributed by atoms with van der Waals surface area (Å²) in [4.78, 5) is 0. The van der Waals surface area contributed by atoms with Crippen LogP contribution in [0.25, 0.3) is 0 Å². The molecule has 0 heterocycles. The summed E-state index contributed by atoms with van der Waals surface area (Å²) in [5.74, 6) is 3.47. The van der Waals surface area contributed by atoms with Gasteiger partial charge in [0.05, 0.1) is 0 Å². The van der Waals surface area contributed by atoms with Crippen LogP contribution in [0, 0.1) is 6.92 Å². The Kier molecular flexibility index (Phi) is 141. The van der Waals surface area contributed by atoms with Gasteiger partial charge in [0.15, 0.2) is 0 Å². The van der Waals surface area contributed by atoms with E-state index in [4.69, 9.17) is 0 Å². The van der Waals surface area contributed by atoms with Crippen LogP contribution in [-0.4, -0.2) is 17.3 Å². The third-order valence-corrected chi connectivity index (χ3v) is 1.93. The number of thioether (sulfide) groups is 1. The fourth-order valence-electron chi connectivity index (χ4n) is 0.558. The van der Waals surface area contributed by atoms with E-state index in [0.717, 1.165) is 5.75 Å². The van der Waals surface area contributed by atoms with E-state index in [2.05, 4.69) is 47.2 Å². The van der Waals surface area contributed by atoms with E-state index in [-0.39, 0.29) is 28.5 Å². The first-order valence-electron chi connectivity index (χ1n) is 6.14. The minimum absolute atomic E-state index is 0. The maximum Gasteiger partial charge on any atom is 0 e. The van der Waals surface area contributed by atoms with Crippen molar-refractivity contribution in [2.45, 2.75) is 68.2 Å². The molecule has 3 heteroatoms. The second-order valence-electron chi connectivity index (χ2n) is 2.45. The minimum Gasteiger partial charge on any atom is -0.346 e. The predicted octanol–water partition coefficient (Wildman–Crippen LogP) is 6.37. The zero-order chi connectivity index (χ0) is 12.9. The standard InChI is InChI=1S/C5H12.C4H10S.C2H6S.C2H5.CH4.W/c2*1-3-5-4-2;1-2-3;1-2;;/h3-5H2,1-2H3;3-4H2,1-2H3;3H,2H2,1H3;1H2,2H3;1H4;/q;;;-1;;. The van der Waals surface area contributed by atoms with E-state index in [0.29, 0.717) is 0 Å². The topological polar surface area (TPSA) is 0 Å². The molecule has 0 N–H and O–H groups in total. The van der Waals surface area contributed by atoms with Crippen LogP contribution in [0.3, 0.4) is 0 Å². The van der Waals surface area contributed by atoms with E-state index in [1.165, 1.54) is 30.8 Å². The summed E-state index contributed by atoms with van der Waals surface area (Å²) in [6.07, 6.45) is 4.08. The van der Waals surface area contributed by atoms with Crippen LogP contribution in [0.4, 0.5) is 0 Å². The van der Waals surface area contributed by atoms with Gasteiger partial charge >= 0.3 is 0 Å². The quantitative estimate of drug-likeness (QED) is 0.382. The van der Waals surface area contributed by atoms with Gasteiger partial charge in [-0.25, -0.2) is 0 Å². The first-order valence-corrected chi connectivity index (χ1v) is 7.92. The Morgan fingerprint density at radius 2 is 1.12 bits per heavy atom. The summed E-state index contributed by atoms with van der Waals surface area (Å²) in [5, 5.41) is 0. The van der Waals surface area contributed by atoms with Gasteiger partial charge in [0.1, 0.15) is 0 Å². The second kappa shape index (κ2) is 66.4. The third-order valence-electron chi connectivity index (χ3n) is 1.12. The van der Waals surface area contributed by atoms with Crippen molar-refractivity contribution in [1.82, 2.24) is 0 Å². The normalized spacial score (nSPS) is 6.35. The molecule has 0 fully saturated rings. The number of hydrogen-bond donors (Lipinski definition) is 1. The third kappa shape index (κ3) is 142. The van der Waals surface area contributed by atoms with Crippen LogP contribution < -0.4 is 0 Å². The van der Waals surface area contributed by atoms with Crippen LogP contribution >= 0.6 is 24.4 Å². The fourth-order valence-corrected chi connectivity index (χ4v) is 0.966. The molecule has 0 unspecified atom stereocenters. The molecule has 0 bridgehead atoms. The molecule has 0 saturated heterocycles. The molecule has 0 aromatic rings. The Morgan fingerprint density at radius 1 is 0.882 bits per heavy atom. The first-order chi connectivity index (χ1) is 7.24. The Labute approximate surface area is 137 Å². The van der Waals surface area contributed by atoms with Crippen molar-refractivity contribution in [2.24, 2.45) is 0 Å². The first kappa shape index (κ1) is 36.2. The molecule has 17 heavy (non-hydrogen) atoms. The molecule has 0 rings (SSSR count). The summed E-state index contributed by atoms with van der Waals surface area (Å²) in [7, 11) is 0. The van der Waals surface area contributed by atoms with Gasteiger partial charge < -0.3 is 6.92 Å². The van der Waals surface area contributed by atoms with E-state index >= 15 is 0 Å². The largest absolute Gasteiger partial charge is 0.346 e. The number of hydrogen-bond acceptors (Lipinski definition) is 2. The van der Waals surface area contributed by atoms with Crippen LogP contribution in [0.1, 0.15) is 68.2 Å². The van der Waals surface area contributed by atoms with Gasteiger partial charge in [-0.1, -0.05) is 61.3 Å². The van der Waals surface area contributed by atoms with Crippen molar-refractivity contribution in [1.29, 1.82) is 0 Å². The average Bonchev–Trinajstić information content (AvgIpc) is 2.25. The zero-order valence-electron chi connectivity index (χ0n) is 12.2. The molecule has 0 aromatic heterocycles. The summed E-state index contributed by atoms with van der Waals surface area (Å²) in [6, 6.07) is 0. The second-order valence-corrected chi connectivity index (χ2v) is 4.65. The molecular formula is C14H37S2W-. The molecule has 0 aliphatic heterocycles. The van der Waals surface area contributed by atoms with E-state index in [9.17, 15) is 0 Å². The monoisotopic (exact) mass is 453 g/mol. The smallest absolute Gasteiger partial charge is 0 e. The summed E-state index contributed by atoms with van der Waals surface area (Å²) < 4.78 is 0. The van der Waals surface area contributed by atoms with Crippen molar-refractivity contribution in [3.63, 3.8) is 0 Å². The molecule has 0 aromatic carbocycles. The van der Waals surface area contributed by atoms with Gasteiger partial charge in [-0.05, 0) is 17.3 Å². The average molecular weight is 453 g/mol. The van der Waals surface area contributed by atoms with Crippen LogP contribution in [0.2, 0.25) is 0 Å². The molecule has 0 aliphatic carbocycles. The molecule has 0 nitrogen and oxygen atoms in total. The van der Waals surface area contributed by atoms with E-state index in [1.54, 1.807) is 6.92 Å². The summed E-state index contributed by atoms with van der Waals surface area (Å²) in [5.41, 5.74) is 0. The van der Waals surface area contributed by atoms with Gasteiger partial charge in [0.25, 0.3) is 0 Å². The molecular weight excluding hydrogens is 416 g/mol. The molecule has 0 atom stereocenters. The number of thiol groups is 1. The van der Waals surface area contributed by atoms with Crippen molar-refractivity contribution in [3.8, 4) is 0 Å². The Hall–Kier alpha value is 1.39. The van der Waals surface area contributed by atoms with E-state index < -0.39 is 0 Å². The SMILES string of the molecule is C.CCCCC.CCS.CCSCC.[CH2-]C.[W]. The molecule has 0 aliphatic rings. The Balaban J connectivity index is -0.0000000241. The van der Waals surface area contributed by atoms with Gasteiger partial charge in [0.2, 0.25) is 0 Å². The zero-order valence-corrected chi connectivity index (χ0v) is 16.9. The Bertz CT molecular complexity index is 43.5. The molecule has 0 amide bonds. The van der Waals surface area contributed by atoms with Crippen LogP contribution in [0.15, 0.2) is 0 Å². The minimum atomic E-state index is 0. The fraction of sp³-hybridized carbons (Fsp3) is 0.929. The van der Waals surface area contributed by atoms with E-state index in [1.807, 2.05) is 18.7 Å². The van der Waals surface area contributed by atoms with Gasteiger partial charge in [-0.2, -0.15) is 31.3 Å². The molecule has 0 spiro atoms. The van der Waals surface area contributed by atoms with Crippen molar-refractivity contribution in [2.75, 3.05) is 17.3 Å². The van der Waals surface area contributed by atoms with Crippen molar-refractivity contribution >= 4 is 24.4 Å². The number of rotatable bonds is 4.